The normalized spacial score (nSPS) is 24.7. The third-order valence-corrected chi connectivity index (χ3v) is 7.07. The molecule has 0 aliphatic carbocycles. The SMILES string of the molecule is COc1cc(/C=C/C(=O)O[C@@H]2C3C[C@@H](OC(=O)Cc4cccc(O)c4)CC([C@@H]2O)N3C)cc(OC)c1OC. The lowest BCUT2D eigenvalue weighted by molar-refractivity contribution is -0.154. The van der Waals surface area contributed by atoms with Crippen molar-refractivity contribution in [3.05, 3.63) is 53.6 Å². The van der Waals surface area contributed by atoms with Gasteiger partial charge in [-0.1, -0.05) is 12.1 Å². The quantitative estimate of drug-likeness (QED) is 0.371. The van der Waals surface area contributed by atoms with Gasteiger partial charge in [0.15, 0.2) is 11.5 Å². The first-order valence-electron chi connectivity index (χ1n) is 12.3. The largest absolute Gasteiger partial charge is 0.508 e. The van der Waals surface area contributed by atoms with Gasteiger partial charge >= 0.3 is 11.9 Å². The van der Waals surface area contributed by atoms with Crippen molar-refractivity contribution in [2.45, 2.75) is 49.7 Å². The van der Waals surface area contributed by atoms with E-state index in [1.807, 2.05) is 11.9 Å². The van der Waals surface area contributed by atoms with Gasteiger partial charge in [-0.05, 0) is 48.5 Å². The van der Waals surface area contributed by atoms with E-state index in [4.69, 9.17) is 23.7 Å². The Labute approximate surface area is 221 Å². The number of likely N-dealkylation sites (N-methyl/N-ethyl adjacent to an activating group) is 1. The Morgan fingerprint density at radius 1 is 1.00 bits per heavy atom. The molecule has 2 N–H and O–H groups in total. The van der Waals surface area contributed by atoms with Crippen molar-refractivity contribution < 1.29 is 43.5 Å². The summed E-state index contributed by atoms with van der Waals surface area (Å²) in [5.41, 5.74) is 1.29. The van der Waals surface area contributed by atoms with Gasteiger partial charge in [0.1, 0.15) is 24.1 Å². The molecule has 0 aromatic heterocycles. The molecule has 4 rings (SSSR count). The zero-order chi connectivity index (χ0) is 27.4. The third kappa shape index (κ3) is 5.87. The first-order chi connectivity index (χ1) is 18.2. The highest BCUT2D eigenvalue weighted by Crippen LogP contribution is 2.39. The molecule has 10 heteroatoms. The van der Waals surface area contributed by atoms with Gasteiger partial charge < -0.3 is 33.9 Å². The molecule has 0 spiro atoms. The van der Waals surface area contributed by atoms with Crippen LogP contribution in [-0.2, 0) is 25.5 Å². The van der Waals surface area contributed by atoms with Crippen LogP contribution >= 0.6 is 0 Å². The predicted molar refractivity (Wildman–Crippen MR) is 137 cm³/mol. The van der Waals surface area contributed by atoms with Crippen molar-refractivity contribution in [1.82, 2.24) is 4.90 Å². The molecule has 2 fully saturated rings. The van der Waals surface area contributed by atoms with E-state index in [1.165, 1.54) is 39.5 Å². The lowest BCUT2D eigenvalue weighted by Crippen LogP contribution is -2.46. The Morgan fingerprint density at radius 3 is 2.32 bits per heavy atom. The number of phenols is 1. The van der Waals surface area contributed by atoms with E-state index < -0.39 is 30.3 Å². The Hall–Kier alpha value is -3.76. The van der Waals surface area contributed by atoms with Crippen molar-refractivity contribution in [3.8, 4) is 23.0 Å². The van der Waals surface area contributed by atoms with Crippen LogP contribution in [-0.4, -0.2) is 85.8 Å². The summed E-state index contributed by atoms with van der Waals surface area (Å²) in [5, 5.41) is 20.5. The monoisotopic (exact) mass is 527 g/mol. The molecule has 0 amide bonds. The number of carbonyl (C=O) groups excluding carboxylic acids is 2. The number of fused-ring (bicyclic) bond motifs is 2. The standard InChI is InChI=1S/C28H33NO9/c1-29-20-14-19(37-25(32)13-16-6-5-7-18(30)10-16)15-21(29)27(26(20)33)38-24(31)9-8-17-11-22(34-2)28(36-4)23(12-17)35-3/h5-12,19-21,26-27,30,33H,13-15H2,1-4H3/b9-8+/t19-,20?,21?,26-,27+/m0/s1. The number of aliphatic hydroxyl groups is 1. The molecule has 204 valence electrons. The summed E-state index contributed by atoms with van der Waals surface area (Å²) in [6, 6.07) is 9.24. The van der Waals surface area contributed by atoms with E-state index in [-0.39, 0.29) is 24.3 Å². The molecule has 2 bridgehead atoms. The minimum Gasteiger partial charge on any atom is -0.508 e. The van der Waals surface area contributed by atoms with Gasteiger partial charge in [0, 0.05) is 25.0 Å². The summed E-state index contributed by atoms with van der Waals surface area (Å²) in [6.07, 6.45) is 1.62. The number of phenolic OH excluding ortho intramolecular Hbond substituents is 1. The number of ether oxygens (including phenoxy) is 5. The number of hydrogen-bond donors (Lipinski definition) is 2. The molecular weight excluding hydrogens is 494 g/mol. The molecule has 10 nitrogen and oxygen atoms in total. The van der Waals surface area contributed by atoms with Crippen LogP contribution in [0.25, 0.3) is 6.08 Å². The molecule has 2 aliphatic heterocycles. The van der Waals surface area contributed by atoms with Gasteiger partial charge in [0.2, 0.25) is 5.75 Å². The van der Waals surface area contributed by atoms with Gasteiger partial charge in [0.25, 0.3) is 0 Å². The second-order valence-electron chi connectivity index (χ2n) is 9.41. The van der Waals surface area contributed by atoms with E-state index in [9.17, 15) is 19.8 Å². The lowest BCUT2D eigenvalue weighted by Gasteiger charge is -2.36. The molecule has 2 saturated heterocycles. The number of nitrogens with zero attached hydrogens (tertiary/aromatic N) is 1. The average Bonchev–Trinajstić information content (AvgIpc) is 3.01. The number of benzene rings is 2. The summed E-state index contributed by atoms with van der Waals surface area (Å²) >= 11 is 0. The van der Waals surface area contributed by atoms with Gasteiger partial charge in [-0.2, -0.15) is 0 Å². The second-order valence-corrected chi connectivity index (χ2v) is 9.41. The summed E-state index contributed by atoms with van der Waals surface area (Å²) < 4.78 is 27.4. The van der Waals surface area contributed by atoms with Crippen molar-refractivity contribution in [2.24, 2.45) is 0 Å². The third-order valence-electron chi connectivity index (χ3n) is 7.07. The highest BCUT2D eigenvalue weighted by molar-refractivity contribution is 5.87. The highest BCUT2D eigenvalue weighted by atomic mass is 16.6. The Kier molecular flexibility index (Phi) is 8.43. The molecule has 5 atom stereocenters. The summed E-state index contributed by atoms with van der Waals surface area (Å²) in [4.78, 5) is 27.2. The molecule has 0 radical (unpaired) electrons. The molecule has 38 heavy (non-hydrogen) atoms. The maximum absolute atomic E-state index is 12.7. The number of piperidine rings is 1. The number of esters is 2. The topological polar surface area (TPSA) is 124 Å². The van der Waals surface area contributed by atoms with Gasteiger partial charge in [0.05, 0.1) is 33.8 Å². The van der Waals surface area contributed by atoms with E-state index >= 15 is 0 Å². The lowest BCUT2D eigenvalue weighted by atomic mass is 10.00. The zero-order valence-electron chi connectivity index (χ0n) is 21.8. The summed E-state index contributed by atoms with van der Waals surface area (Å²) in [5.74, 6) is 0.399. The minimum atomic E-state index is -0.918. The van der Waals surface area contributed by atoms with Crippen molar-refractivity contribution in [3.63, 3.8) is 0 Å². The molecule has 0 saturated carbocycles. The van der Waals surface area contributed by atoms with Crippen molar-refractivity contribution in [2.75, 3.05) is 28.4 Å². The second kappa shape index (κ2) is 11.7. The summed E-state index contributed by atoms with van der Waals surface area (Å²) in [6.45, 7) is 0. The van der Waals surface area contributed by atoms with Gasteiger partial charge in [-0.15, -0.1) is 0 Å². The Morgan fingerprint density at radius 2 is 1.68 bits per heavy atom. The van der Waals surface area contributed by atoms with Crippen LogP contribution in [0.15, 0.2) is 42.5 Å². The Bertz CT molecular complexity index is 1170. The first kappa shape index (κ1) is 27.3. The number of methoxy groups -OCH3 is 3. The van der Waals surface area contributed by atoms with Crippen LogP contribution in [0.5, 0.6) is 23.0 Å². The van der Waals surface area contributed by atoms with E-state index in [2.05, 4.69) is 0 Å². The van der Waals surface area contributed by atoms with Crippen LogP contribution in [0.2, 0.25) is 0 Å². The number of aliphatic hydroxyl groups excluding tert-OH is 1. The maximum Gasteiger partial charge on any atom is 0.331 e. The van der Waals surface area contributed by atoms with Crippen LogP contribution in [0.4, 0.5) is 0 Å². The van der Waals surface area contributed by atoms with E-state index in [1.54, 1.807) is 30.3 Å². The Balaban J connectivity index is 1.39. The zero-order valence-corrected chi connectivity index (χ0v) is 21.8. The van der Waals surface area contributed by atoms with Crippen LogP contribution in [0, 0.1) is 0 Å². The van der Waals surface area contributed by atoms with Crippen LogP contribution in [0.3, 0.4) is 0 Å². The number of aromatic hydroxyl groups is 1. The minimum absolute atomic E-state index is 0.0305. The molecule has 2 aromatic rings. The number of carbonyl (C=O) groups is 2. The fourth-order valence-electron chi connectivity index (χ4n) is 5.25. The number of hydrogen-bond acceptors (Lipinski definition) is 10. The molecule has 2 aromatic carbocycles. The highest BCUT2D eigenvalue weighted by Gasteiger charge is 2.53. The smallest absolute Gasteiger partial charge is 0.331 e. The fourth-order valence-corrected chi connectivity index (χ4v) is 5.25. The molecule has 2 heterocycles. The molecular formula is C28H33NO9. The summed E-state index contributed by atoms with van der Waals surface area (Å²) in [7, 11) is 6.38. The van der Waals surface area contributed by atoms with Crippen LogP contribution in [0.1, 0.15) is 24.0 Å². The first-order valence-corrected chi connectivity index (χ1v) is 12.3. The molecule has 2 aliphatic rings. The van der Waals surface area contributed by atoms with Crippen molar-refractivity contribution >= 4 is 18.0 Å². The maximum atomic E-state index is 12.7. The van der Waals surface area contributed by atoms with Gasteiger partial charge in [-0.3, -0.25) is 9.69 Å². The van der Waals surface area contributed by atoms with E-state index in [0.29, 0.717) is 41.2 Å². The van der Waals surface area contributed by atoms with Crippen molar-refractivity contribution in [1.29, 1.82) is 0 Å². The number of rotatable bonds is 9. The van der Waals surface area contributed by atoms with E-state index in [0.717, 1.165) is 0 Å². The van der Waals surface area contributed by atoms with Crippen LogP contribution < -0.4 is 14.2 Å². The average molecular weight is 528 g/mol. The van der Waals surface area contributed by atoms with Gasteiger partial charge in [-0.25, -0.2) is 4.79 Å². The predicted octanol–water partition coefficient (Wildman–Crippen LogP) is 2.33. The molecule has 2 unspecified atom stereocenters. The fraction of sp³-hybridized carbons (Fsp3) is 0.429.